The summed E-state index contributed by atoms with van der Waals surface area (Å²) in [5, 5.41) is 0. The predicted octanol–water partition coefficient (Wildman–Crippen LogP) is 1.49. The van der Waals surface area contributed by atoms with E-state index in [0.29, 0.717) is 24.3 Å². The topological polar surface area (TPSA) is 95.4 Å². The number of hydrogen-bond acceptors (Lipinski definition) is 3. The number of amides is 2. The first-order valence-electron chi connectivity index (χ1n) is 7.40. The van der Waals surface area contributed by atoms with Gasteiger partial charge in [-0.2, -0.15) is 0 Å². The molecule has 0 spiro atoms. The SMILES string of the molecule is NC(=O)C1C[C@@]1(C(N)=O)c1cccc(OCc2ccccc2)c1. The van der Waals surface area contributed by atoms with E-state index in [1.54, 1.807) is 18.2 Å². The highest BCUT2D eigenvalue weighted by molar-refractivity contribution is 5.99. The Morgan fingerprint density at radius 1 is 1.09 bits per heavy atom. The predicted molar refractivity (Wildman–Crippen MR) is 85.4 cm³/mol. The Morgan fingerprint density at radius 3 is 2.43 bits per heavy atom. The number of benzene rings is 2. The van der Waals surface area contributed by atoms with E-state index in [4.69, 9.17) is 16.2 Å². The Labute approximate surface area is 134 Å². The minimum absolute atomic E-state index is 0.361. The molecule has 2 atom stereocenters. The van der Waals surface area contributed by atoms with Gasteiger partial charge in [-0.25, -0.2) is 0 Å². The third kappa shape index (κ3) is 2.77. The van der Waals surface area contributed by atoms with Crippen LogP contribution >= 0.6 is 0 Å². The van der Waals surface area contributed by atoms with Crippen molar-refractivity contribution in [3.05, 3.63) is 65.7 Å². The largest absolute Gasteiger partial charge is 0.489 e. The van der Waals surface area contributed by atoms with Gasteiger partial charge in [0, 0.05) is 0 Å². The van der Waals surface area contributed by atoms with Crippen molar-refractivity contribution in [2.24, 2.45) is 17.4 Å². The average molecular weight is 310 g/mol. The van der Waals surface area contributed by atoms with E-state index < -0.39 is 23.1 Å². The first-order valence-corrected chi connectivity index (χ1v) is 7.40. The fourth-order valence-electron chi connectivity index (χ4n) is 2.94. The molecule has 4 N–H and O–H groups in total. The van der Waals surface area contributed by atoms with Gasteiger partial charge in [-0.05, 0) is 29.7 Å². The molecule has 0 radical (unpaired) electrons. The summed E-state index contributed by atoms with van der Waals surface area (Å²) < 4.78 is 5.76. The number of carbonyl (C=O) groups is 2. The zero-order chi connectivity index (χ0) is 16.4. The van der Waals surface area contributed by atoms with Crippen LogP contribution in [0.1, 0.15) is 17.5 Å². The van der Waals surface area contributed by atoms with Gasteiger partial charge in [-0.15, -0.1) is 0 Å². The molecule has 2 aromatic carbocycles. The zero-order valence-electron chi connectivity index (χ0n) is 12.6. The van der Waals surface area contributed by atoms with E-state index >= 15 is 0 Å². The quantitative estimate of drug-likeness (QED) is 0.846. The number of hydrogen-bond donors (Lipinski definition) is 2. The fourth-order valence-corrected chi connectivity index (χ4v) is 2.94. The molecule has 0 aliphatic heterocycles. The van der Waals surface area contributed by atoms with Crippen LogP contribution in [0.4, 0.5) is 0 Å². The molecule has 0 bridgehead atoms. The molecule has 0 saturated heterocycles. The highest BCUT2D eigenvalue weighted by atomic mass is 16.5. The molecule has 1 fully saturated rings. The van der Waals surface area contributed by atoms with Gasteiger partial charge in [0.05, 0.1) is 11.3 Å². The maximum Gasteiger partial charge on any atom is 0.228 e. The molecular weight excluding hydrogens is 292 g/mol. The van der Waals surface area contributed by atoms with Crippen LogP contribution in [0.5, 0.6) is 5.75 Å². The highest BCUT2D eigenvalue weighted by Gasteiger charge is 2.63. The van der Waals surface area contributed by atoms with E-state index in [1.807, 2.05) is 36.4 Å². The summed E-state index contributed by atoms with van der Waals surface area (Å²) in [4.78, 5) is 23.3. The molecule has 118 valence electrons. The number of rotatable bonds is 6. The van der Waals surface area contributed by atoms with Crippen LogP contribution in [0.25, 0.3) is 0 Å². The van der Waals surface area contributed by atoms with Gasteiger partial charge in [0.1, 0.15) is 12.4 Å². The second kappa shape index (κ2) is 5.76. The molecule has 1 unspecified atom stereocenters. The monoisotopic (exact) mass is 310 g/mol. The molecule has 5 heteroatoms. The van der Waals surface area contributed by atoms with E-state index in [-0.39, 0.29) is 0 Å². The molecule has 23 heavy (non-hydrogen) atoms. The smallest absolute Gasteiger partial charge is 0.228 e. The van der Waals surface area contributed by atoms with Crippen LogP contribution < -0.4 is 16.2 Å². The van der Waals surface area contributed by atoms with Gasteiger partial charge in [0.15, 0.2) is 0 Å². The lowest BCUT2D eigenvalue weighted by molar-refractivity contribution is -0.125. The van der Waals surface area contributed by atoms with Gasteiger partial charge in [0.2, 0.25) is 11.8 Å². The first-order chi connectivity index (χ1) is 11.0. The normalized spacial score (nSPS) is 22.3. The summed E-state index contributed by atoms with van der Waals surface area (Å²) >= 11 is 0. The minimum atomic E-state index is -0.988. The van der Waals surface area contributed by atoms with Crippen molar-refractivity contribution in [3.63, 3.8) is 0 Å². The second-order valence-electron chi connectivity index (χ2n) is 5.80. The van der Waals surface area contributed by atoms with Crippen LogP contribution in [0.2, 0.25) is 0 Å². The van der Waals surface area contributed by atoms with Crippen molar-refractivity contribution in [1.82, 2.24) is 0 Å². The third-order valence-corrected chi connectivity index (χ3v) is 4.34. The van der Waals surface area contributed by atoms with Crippen molar-refractivity contribution in [2.45, 2.75) is 18.4 Å². The Morgan fingerprint density at radius 2 is 1.83 bits per heavy atom. The average Bonchev–Trinajstić information content (AvgIpc) is 3.32. The molecule has 1 aliphatic carbocycles. The van der Waals surface area contributed by atoms with Crippen LogP contribution in [0.3, 0.4) is 0 Å². The Hall–Kier alpha value is -2.82. The summed E-state index contributed by atoms with van der Waals surface area (Å²) in [6, 6.07) is 16.9. The lowest BCUT2D eigenvalue weighted by Gasteiger charge is -2.15. The van der Waals surface area contributed by atoms with Gasteiger partial charge in [-0.3, -0.25) is 9.59 Å². The van der Waals surface area contributed by atoms with Gasteiger partial charge in [0.25, 0.3) is 0 Å². The summed E-state index contributed by atoms with van der Waals surface area (Å²) in [5.74, 6) is -0.938. The van der Waals surface area contributed by atoms with Gasteiger partial charge >= 0.3 is 0 Å². The van der Waals surface area contributed by atoms with Crippen LogP contribution in [0, 0.1) is 5.92 Å². The van der Waals surface area contributed by atoms with E-state index in [1.165, 1.54) is 0 Å². The van der Waals surface area contributed by atoms with Crippen molar-refractivity contribution < 1.29 is 14.3 Å². The molecule has 1 aliphatic rings. The van der Waals surface area contributed by atoms with Gasteiger partial charge in [-0.1, -0.05) is 42.5 Å². The summed E-state index contributed by atoms with van der Waals surface area (Å²) in [6.45, 7) is 0.424. The van der Waals surface area contributed by atoms with Crippen LogP contribution in [-0.4, -0.2) is 11.8 Å². The van der Waals surface area contributed by atoms with E-state index in [9.17, 15) is 9.59 Å². The lowest BCUT2D eigenvalue weighted by Crippen LogP contribution is -2.33. The van der Waals surface area contributed by atoms with Crippen molar-refractivity contribution in [1.29, 1.82) is 0 Å². The van der Waals surface area contributed by atoms with E-state index in [0.717, 1.165) is 5.56 Å². The van der Waals surface area contributed by atoms with Crippen molar-refractivity contribution in [2.75, 3.05) is 0 Å². The fraction of sp³-hybridized carbons (Fsp3) is 0.222. The molecular formula is C18H18N2O3. The number of nitrogens with two attached hydrogens (primary N) is 2. The zero-order valence-corrected chi connectivity index (χ0v) is 12.6. The summed E-state index contributed by atoms with van der Waals surface area (Å²) in [7, 11) is 0. The van der Waals surface area contributed by atoms with E-state index in [2.05, 4.69) is 0 Å². The molecule has 2 amide bonds. The van der Waals surface area contributed by atoms with Crippen molar-refractivity contribution >= 4 is 11.8 Å². The molecule has 0 heterocycles. The van der Waals surface area contributed by atoms with Crippen molar-refractivity contribution in [3.8, 4) is 5.75 Å². The summed E-state index contributed by atoms with van der Waals surface area (Å²) in [5.41, 5.74) is 11.6. The first kappa shape index (κ1) is 15.1. The Bertz CT molecular complexity index is 745. The van der Waals surface area contributed by atoms with Gasteiger partial charge < -0.3 is 16.2 Å². The van der Waals surface area contributed by atoms with Crippen LogP contribution in [-0.2, 0) is 21.6 Å². The molecule has 5 nitrogen and oxygen atoms in total. The Kier molecular flexibility index (Phi) is 3.78. The number of carbonyl (C=O) groups excluding carboxylic acids is 2. The van der Waals surface area contributed by atoms with Crippen LogP contribution in [0.15, 0.2) is 54.6 Å². The number of ether oxygens (including phenoxy) is 1. The maximum absolute atomic E-state index is 11.9. The second-order valence-corrected chi connectivity index (χ2v) is 5.80. The third-order valence-electron chi connectivity index (χ3n) is 4.34. The standard InChI is InChI=1S/C18H18N2O3/c19-16(21)15-10-18(15,17(20)22)13-7-4-8-14(9-13)23-11-12-5-2-1-3-6-12/h1-9,15H,10-11H2,(H2,19,21)(H2,20,22)/t15?,18-/m1/s1. The number of primary amides is 2. The Balaban J connectivity index is 1.80. The molecule has 3 rings (SSSR count). The summed E-state index contributed by atoms with van der Waals surface area (Å²) in [6.07, 6.45) is 0.361. The molecule has 1 saturated carbocycles. The minimum Gasteiger partial charge on any atom is -0.489 e. The lowest BCUT2D eigenvalue weighted by atomic mass is 9.92. The highest BCUT2D eigenvalue weighted by Crippen LogP contribution is 2.54. The molecule has 0 aromatic heterocycles. The molecule has 2 aromatic rings. The maximum atomic E-state index is 11.9.